The van der Waals surface area contributed by atoms with E-state index in [9.17, 15) is 13.2 Å². The number of sulfonamides is 1. The van der Waals surface area contributed by atoms with Crippen LogP contribution in [0.15, 0.2) is 23.1 Å². The van der Waals surface area contributed by atoms with Crippen LogP contribution in [0.25, 0.3) is 0 Å². The van der Waals surface area contributed by atoms with Crippen molar-refractivity contribution in [2.45, 2.75) is 24.8 Å². The van der Waals surface area contributed by atoms with E-state index in [1.165, 1.54) is 25.1 Å². The zero-order chi connectivity index (χ0) is 14.6. The first-order valence-corrected chi connectivity index (χ1v) is 7.49. The fourth-order valence-corrected chi connectivity index (χ4v) is 2.94. The van der Waals surface area contributed by atoms with Gasteiger partial charge in [-0.15, -0.1) is 0 Å². The number of rotatable bonds is 5. The number of amides is 1. The highest BCUT2D eigenvalue weighted by Gasteiger charge is 2.23. The summed E-state index contributed by atoms with van der Waals surface area (Å²) in [5.74, 6) is -0.404. The molecule has 1 rings (SSSR count). The minimum Gasteiger partial charge on any atom is -0.398 e. The molecule has 8 heteroatoms. The molecule has 0 aromatic heterocycles. The SMILES string of the molecule is CCNC(=O)C(C)NS(=O)(=O)c1ccc(Cl)cc1N. The van der Waals surface area contributed by atoms with Crippen molar-refractivity contribution in [3.63, 3.8) is 0 Å². The Morgan fingerprint density at radius 1 is 1.47 bits per heavy atom. The summed E-state index contributed by atoms with van der Waals surface area (Å²) in [6.07, 6.45) is 0. The topological polar surface area (TPSA) is 101 Å². The normalized spacial score (nSPS) is 13.0. The molecule has 0 saturated heterocycles. The van der Waals surface area contributed by atoms with Gasteiger partial charge in [0.15, 0.2) is 0 Å². The fourth-order valence-electron chi connectivity index (χ4n) is 1.44. The zero-order valence-electron chi connectivity index (χ0n) is 10.6. The van der Waals surface area contributed by atoms with Crippen molar-refractivity contribution in [2.24, 2.45) is 0 Å². The molecular formula is C11H16ClN3O3S. The zero-order valence-corrected chi connectivity index (χ0v) is 12.2. The minimum atomic E-state index is -3.86. The van der Waals surface area contributed by atoms with Gasteiger partial charge in [0.1, 0.15) is 4.90 Å². The van der Waals surface area contributed by atoms with E-state index >= 15 is 0 Å². The molecule has 1 unspecified atom stereocenters. The Morgan fingerprint density at radius 3 is 2.63 bits per heavy atom. The maximum absolute atomic E-state index is 12.1. The second kappa shape index (κ2) is 6.23. The van der Waals surface area contributed by atoms with Gasteiger partial charge in [-0.2, -0.15) is 4.72 Å². The Bertz CT molecular complexity index is 575. The quantitative estimate of drug-likeness (QED) is 0.698. The number of carbonyl (C=O) groups excluding carboxylic acids is 1. The van der Waals surface area contributed by atoms with Gasteiger partial charge in [-0.25, -0.2) is 8.42 Å². The summed E-state index contributed by atoms with van der Waals surface area (Å²) < 4.78 is 26.4. The molecule has 1 atom stereocenters. The number of nitrogens with two attached hydrogens (primary N) is 1. The average molecular weight is 306 g/mol. The average Bonchev–Trinajstić information content (AvgIpc) is 2.27. The van der Waals surface area contributed by atoms with Crippen molar-refractivity contribution in [1.29, 1.82) is 0 Å². The molecule has 0 bridgehead atoms. The lowest BCUT2D eigenvalue weighted by Crippen LogP contribution is -2.44. The molecule has 0 heterocycles. The Labute approximate surface area is 117 Å². The number of carbonyl (C=O) groups is 1. The number of halogens is 1. The molecule has 0 radical (unpaired) electrons. The van der Waals surface area contributed by atoms with Crippen molar-refractivity contribution >= 4 is 33.2 Å². The number of anilines is 1. The first-order chi connectivity index (χ1) is 8.77. The van der Waals surface area contributed by atoms with Crippen molar-refractivity contribution in [2.75, 3.05) is 12.3 Å². The second-order valence-corrected chi connectivity index (χ2v) is 6.04. The van der Waals surface area contributed by atoms with Crippen LogP contribution in [0.1, 0.15) is 13.8 Å². The van der Waals surface area contributed by atoms with Crippen LogP contribution in [0, 0.1) is 0 Å². The van der Waals surface area contributed by atoms with Crippen molar-refractivity contribution < 1.29 is 13.2 Å². The van der Waals surface area contributed by atoms with E-state index in [0.717, 1.165) is 0 Å². The highest BCUT2D eigenvalue weighted by Crippen LogP contribution is 2.22. The summed E-state index contributed by atoms with van der Waals surface area (Å²) >= 11 is 5.71. The molecule has 106 valence electrons. The predicted molar refractivity (Wildman–Crippen MR) is 74.3 cm³/mol. The van der Waals surface area contributed by atoms with Crippen LogP contribution in [0.4, 0.5) is 5.69 Å². The van der Waals surface area contributed by atoms with Crippen LogP contribution in [-0.4, -0.2) is 26.9 Å². The highest BCUT2D eigenvalue weighted by atomic mass is 35.5. The van der Waals surface area contributed by atoms with E-state index in [0.29, 0.717) is 11.6 Å². The summed E-state index contributed by atoms with van der Waals surface area (Å²) in [6.45, 7) is 3.62. The first kappa shape index (κ1) is 15.7. The third-order valence-electron chi connectivity index (χ3n) is 2.34. The Balaban J connectivity index is 2.95. The van der Waals surface area contributed by atoms with Crippen molar-refractivity contribution in [1.82, 2.24) is 10.0 Å². The van der Waals surface area contributed by atoms with Gasteiger partial charge in [-0.3, -0.25) is 4.79 Å². The molecular weight excluding hydrogens is 290 g/mol. The van der Waals surface area contributed by atoms with E-state index in [1.54, 1.807) is 6.92 Å². The summed E-state index contributed by atoms with van der Waals surface area (Å²) in [5, 5.41) is 2.87. The Hall–Kier alpha value is -1.31. The van der Waals surface area contributed by atoms with Crippen LogP contribution < -0.4 is 15.8 Å². The van der Waals surface area contributed by atoms with E-state index in [-0.39, 0.29) is 10.6 Å². The van der Waals surface area contributed by atoms with Gasteiger partial charge in [0, 0.05) is 11.6 Å². The third-order valence-corrected chi connectivity index (χ3v) is 4.19. The fraction of sp³-hybridized carbons (Fsp3) is 0.364. The van der Waals surface area contributed by atoms with Crippen molar-refractivity contribution in [3.8, 4) is 0 Å². The van der Waals surface area contributed by atoms with Crippen LogP contribution in [0.2, 0.25) is 5.02 Å². The van der Waals surface area contributed by atoms with E-state index < -0.39 is 22.0 Å². The molecule has 19 heavy (non-hydrogen) atoms. The maximum atomic E-state index is 12.1. The maximum Gasteiger partial charge on any atom is 0.243 e. The molecule has 1 aromatic rings. The van der Waals surface area contributed by atoms with Gasteiger partial charge >= 0.3 is 0 Å². The van der Waals surface area contributed by atoms with Crippen molar-refractivity contribution in [3.05, 3.63) is 23.2 Å². The van der Waals surface area contributed by atoms with Gasteiger partial charge in [0.25, 0.3) is 0 Å². The van der Waals surface area contributed by atoms with Crippen LogP contribution in [-0.2, 0) is 14.8 Å². The monoisotopic (exact) mass is 305 g/mol. The van der Waals surface area contributed by atoms with E-state index in [1.807, 2.05) is 0 Å². The minimum absolute atomic E-state index is 0.0306. The molecule has 0 saturated carbocycles. The molecule has 4 N–H and O–H groups in total. The Morgan fingerprint density at radius 2 is 2.11 bits per heavy atom. The molecule has 0 aliphatic rings. The van der Waals surface area contributed by atoms with Gasteiger partial charge in [0.05, 0.1) is 11.7 Å². The van der Waals surface area contributed by atoms with Crippen LogP contribution >= 0.6 is 11.6 Å². The standard InChI is InChI=1S/C11H16ClN3O3S/c1-3-14-11(16)7(2)15-19(17,18)10-5-4-8(12)6-9(10)13/h4-7,15H,3,13H2,1-2H3,(H,14,16). The van der Waals surface area contributed by atoms with Gasteiger partial charge in [-0.05, 0) is 32.0 Å². The number of likely N-dealkylation sites (N-methyl/N-ethyl adjacent to an activating group) is 1. The first-order valence-electron chi connectivity index (χ1n) is 5.63. The summed E-state index contributed by atoms with van der Waals surface area (Å²) in [5.41, 5.74) is 5.64. The molecule has 0 fully saturated rings. The molecule has 6 nitrogen and oxygen atoms in total. The number of nitrogen functional groups attached to an aromatic ring is 1. The molecule has 1 amide bonds. The smallest absolute Gasteiger partial charge is 0.243 e. The number of benzene rings is 1. The summed E-state index contributed by atoms with van der Waals surface area (Å²) in [6, 6.07) is 3.17. The Kier molecular flexibility index (Phi) is 5.16. The predicted octanol–water partition coefficient (Wildman–Crippen LogP) is 0.725. The number of hydrogen-bond donors (Lipinski definition) is 3. The van der Waals surface area contributed by atoms with E-state index in [2.05, 4.69) is 10.0 Å². The third kappa shape index (κ3) is 4.09. The van der Waals surface area contributed by atoms with E-state index in [4.69, 9.17) is 17.3 Å². The lowest BCUT2D eigenvalue weighted by Gasteiger charge is -2.14. The molecule has 0 spiro atoms. The molecule has 1 aromatic carbocycles. The lowest BCUT2D eigenvalue weighted by molar-refractivity contribution is -0.122. The lowest BCUT2D eigenvalue weighted by atomic mass is 10.3. The summed E-state index contributed by atoms with van der Waals surface area (Å²) in [7, 11) is -3.86. The molecule has 0 aliphatic carbocycles. The van der Waals surface area contributed by atoms with Crippen LogP contribution in [0.5, 0.6) is 0 Å². The number of hydrogen-bond acceptors (Lipinski definition) is 4. The van der Waals surface area contributed by atoms with Gasteiger partial charge < -0.3 is 11.1 Å². The van der Waals surface area contributed by atoms with Gasteiger partial charge in [0.2, 0.25) is 15.9 Å². The number of nitrogens with one attached hydrogen (secondary N) is 2. The van der Waals surface area contributed by atoms with Crippen LogP contribution in [0.3, 0.4) is 0 Å². The summed E-state index contributed by atoms with van der Waals surface area (Å²) in [4.78, 5) is 11.4. The largest absolute Gasteiger partial charge is 0.398 e. The second-order valence-electron chi connectivity index (χ2n) is 3.92. The highest BCUT2D eigenvalue weighted by molar-refractivity contribution is 7.89. The van der Waals surface area contributed by atoms with Gasteiger partial charge in [-0.1, -0.05) is 11.6 Å². The molecule has 0 aliphatic heterocycles.